The average Bonchev–Trinajstić information content (AvgIpc) is 3.20. The van der Waals surface area contributed by atoms with Gasteiger partial charge in [-0.25, -0.2) is 24.9 Å². The highest BCUT2D eigenvalue weighted by Crippen LogP contribution is 2.26. The van der Waals surface area contributed by atoms with E-state index in [0.29, 0.717) is 18.0 Å². The predicted octanol–water partition coefficient (Wildman–Crippen LogP) is 3.32. The van der Waals surface area contributed by atoms with Gasteiger partial charge in [0, 0.05) is 24.5 Å². The Morgan fingerprint density at radius 3 is 2.58 bits per heavy atom. The molecule has 0 unspecified atom stereocenters. The van der Waals surface area contributed by atoms with E-state index in [-0.39, 0.29) is 0 Å². The van der Waals surface area contributed by atoms with Crippen LogP contribution in [0.1, 0.15) is 31.2 Å². The van der Waals surface area contributed by atoms with Gasteiger partial charge in [-0.2, -0.15) is 0 Å². The normalized spacial score (nSPS) is 18.8. The van der Waals surface area contributed by atoms with Crippen molar-refractivity contribution in [1.82, 2.24) is 29.3 Å². The van der Waals surface area contributed by atoms with Gasteiger partial charge in [0.15, 0.2) is 0 Å². The molecule has 0 aliphatic heterocycles. The van der Waals surface area contributed by atoms with Gasteiger partial charge >= 0.3 is 0 Å². The third-order valence-corrected chi connectivity index (χ3v) is 5.67. The first-order valence-electron chi connectivity index (χ1n) is 10.5. The third-order valence-electron chi connectivity index (χ3n) is 5.67. The van der Waals surface area contributed by atoms with Crippen LogP contribution in [0.3, 0.4) is 0 Å². The third kappa shape index (κ3) is 4.17. The second kappa shape index (κ2) is 8.27. The van der Waals surface area contributed by atoms with E-state index >= 15 is 0 Å². The van der Waals surface area contributed by atoms with Crippen LogP contribution in [-0.4, -0.2) is 41.4 Å². The fourth-order valence-electron chi connectivity index (χ4n) is 3.98. The molecule has 0 aromatic carbocycles. The lowest BCUT2D eigenvalue weighted by Gasteiger charge is -2.26. The van der Waals surface area contributed by atoms with Crippen LogP contribution in [0, 0.1) is 6.92 Å². The number of nitrogens with one attached hydrogen (secondary N) is 2. The Kier molecular flexibility index (Phi) is 5.17. The monoisotopic (exact) mass is 415 g/mol. The lowest BCUT2D eigenvalue weighted by atomic mass is 9.92. The molecular formula is C22H25N9. The van der Waals surface area contributed by atoms with Crippen molar-refractivity contribution in [2.45, 2.75) is 44.7 Å². The van der Waals surface area contributed by atoms with Gasteiger partial charge in [-0.1, -0.05) is 0 Å². The molecule has 9 nitrogen and oxygen atoms in total. The molecule has 0 saturated heterocycles. The number of pyridine rings is 1. The summed E-state index contributed by atoms with van der Waals surface area (Å²) < 4.78 is 2.03. The van der Waals surface area contributed by atoms with E-state index in [2.05, 4.69) is 30.6 Å². The number of hydrogen-bond acceptors (Lipinski definition) is 8. The quantitative estimate of drug-likeness (QED) is 0.454. The SMILES string of the molecule is Cc1cnc(N[C@H]2CC[C@H](N)CC2)nc1-c1cnc2ccc(Nc3cncnc3)cn12. The van der Waals surface area contributed by atoms with Crippen molar-refractivity contribution in [3.8, 4) is 11.4 Å². The molecule has 1 aliphatic carbocycles. The molecule has 4 heterocycles. The Morgan fingerprint density at radius 1 is 0.968 bits per heavy atom. The molecule has 5 rings (SSSR count). The summed E-state index contributed by atoms with van der Waals surface area (Å²) in [6.45, 7) is 2.02. The molecule has 4 N–H and O–H groups in total. The van der Waals surface area contributed by atoms with Crippen molar-refractivity contribution < 1.29 is 0 Å². The summed E-state index contributed by atoms with van der Waals surface area (Å²) in [6.07, 6.45) is 14.8. The van der Waals surface area contributed by atoms with Crippen LogP contribution in [-0.2, 0) is 0 Å². The van der Waals surface area contributed by atoms with Crippen LogP contribution in [0.25, 0.3) is 17.0 Å². The maximum Gasteiger partial charge on any atom is 0.223 e. The van der Waals surface area contributed by atoms with Crippen LogP contribution in [0.2, 0.25) is 0 Å². The van der Waals surface area contributed by atoms with Crippen LogP contribution >= 0.6 is 0 Å². The number of nitrogens with zero attached hydrogens (tertiary/aromatic N) is 6. The number of rotatable bonds is 5. The van der Waals surface area contributed by atoms with Gasteiger partial charge in [-0.05, 0) is 50.3 Å². The van der Waals surface area contributed by atoms with Crippen LogP contribution < -0.4 is 16.4 Å². The Morgan fingerprint density at radius 2 is 1.77 bits per heavy atom. The molecule has 0 bridgehead atoms. The summed E-state index contributed by atoms with van der Waals surface area (Å²) in [5.74, 6) is 0.645. The number of fused-ring (bicyclic) bond motifs is 1. The summed E-state index contributed by atoms with van der Waals surface area (Å²) in [5.41, 5.74) is 11.4. The van der Waals surface area contributed by atoms with Gasteiger partial charge in [0.05, 0.1) is 41.4 Å². The number of nitrogens with two attached hydrogens (primary N) is 1. The highest BCUT2D eigenvalue weighted by atomic mass is 15.1. The molecule has 0 amide bonds. The van der Waals surface area contributed by atoms with E-state index in [9.17, 15) is 0 Å². The van der Waals surface area contributed by atoms with E-state index in [1.807, 2.05) is 42.0 Å². The summed E-state index contributed by atoms with van der Waals surface area (Å²) in [6, 6.07) is 4.63. The average molecular weight is 416 g/mol. The fraction of sp³-hybridized carbons (Fsp3) is 0.318. The van der Waals surface area contributed by atoms with Gasteiger partial charge in [-0.3, -0.25) is 4.40 Å². The van der Waals surface area contributed by atoms with Gasteiger partial charge in [0.25, 0.3) is 0 Å². The molecule has 4 aromatic rings. The van der Waals surface area contributed by atoms with Crippen LogP contribution in [0.5, 0.6) is 0 Å². The van der Waals surface area contributed by atoms with Crippen LogP contribution in [0.4, 0.5) is 17.3 Å². The Hall–Kier alpha value is -3.59. The number of imidazole rings is 1. The highest BCUT2D eigenvalue weighted by molar-refractivity contribution is 5.67. The fourth-order valence-corrected chi connectivity index (χ4v) is 3.98. The molecule has 158 valence electrons. The maximum atomic E-state index is 6.03. The molecular weight excluding hydrogens is 390 g/mol. The van der Waals surface area contributed by atoms with Gasteiger partial charge in [-0.15, -0.1) is 0 Å². The molecule has 0 atom stereocenters. The minimum absolute atomic E-state index is 0.316. The Labute approximate surface area is 180 Å². The second-order valence-corrected chi connectivity index (χ2v) is 8.02. The van der Waals surface area contributed by atoms with E-state index in [1.165, 1.54) is 6.33 Å². The molecule has 1 fully saturated rings. The zero-order chi connectivity index (χ0) is 21.2. The molecule has 1 saturated carbocycles. The minimum Gasteiger partial charge on any atom is -0.352 e. The molecule has 1 aliphatic rings. The van der Waals surface area contributed by atoms with E-state index in [4.69, 9.17) is 10.7 Å². The summed E-state index contributed by atoms with van der Waals surface area (Å²) in [4.78, 5) is 22.0. The van der Waals surface area contributed by atoms with Crippen molar-refractivity contribution in [3.05, 3.63) is 55.0 Å². The number of aryl methyl sites for hydroxylation is 1. The summed E-state index contributed by atoms with van der Waals surface area (Å²) in [7, 11) is 0. The Balaban J connectivity index is 1.45. The van der Waals surface area contributed by atoms with Crippen LogP contribution in [0.15, 0.2) is 49.4 Å². The van der Waals surface area contributed by atoms with Crippen molar-refractivity contribution >= 4 is 23.0 Å². The lowest BCUT2D eigenvalue weighted by molar-refractivity contribution is 0.410. The molecule has 31 heavy (non-hydrogen) atoms. The first-order valence-corrected chi connectivity index (χ1v) is 10.5. The second-order valence-electron chi connectivity index (χ2n) is 8.02. The van der Waals surface area contributed by atoms with Gasteiger partial charge in [0.2, 0.25) is 5.95 Å². The first-order chi connectivity index (χ1) is 15.2. The predicted molar refractivity (Wildman–Crippen MR) is 120 cm³/mol. The standard InChI is InChI=1S/C22H25N9/c1-14-8-27-22(29-16-4-2-15(23)3-5-16)30-21(14)19-11-26-20-7-6-17(12-31(19)20)28-18-9-24-13-25-10-18/h6-13,15-16,28H,2-5,23H2,1H3,(H,27,29,30)/t15-,16-. The molecule has 0 spiro atoms. The van der Waals surface area contributed by atoms with Crippen molar-refractivity contribution in [2.24, 2.45) is 5.73 Å². The van der Waals surface area contributed by atoms with Crippen molar-refractivity contribution in [3.63, 3.8) is 0 Å². The van der Waals surface area contributed by atoms with Crippen molar-refractivity contribution in [2.75, 3.05) is 10.6 Å². The van der Waals surface area contributed by atoms with Gasteiger partial charge < -0.3 is 16.4 Å². The number of anilines is 3. The van der Waals surface area contributed by atoms with Gasteiger partial charge in [0.1, 0.15) is 12.0 Å². The molecule has 4 aromatic heterocycles. The maximum absolute atomic E-state index is 6.03. The van der Waals surface area contributed by atoms with E-state index < -0.39 is 0 Å². The lowest BCUT2D eigenvalue weighted by Crippen LogP contribution is -2.33. The Bertz CT molecular complexity index is 1180. The van der Waals surface area contributed by atoms with E-state index in [1.54, 1.807) is 12.4 Å². The molecule has 0 radical (unpaired) electrons. The summed E-state index contributed by atoms with van der Waals surface area (Å²) >= 11 is 0. The largest absolute Gasteiger partial charge is 0.352 e. The number of aromatic nitrogens is 6. The number of hydrogen-bond donors (Lipinski definition) is 3. The highest BCUT2D eigenvalue weighted by Gasteiger charge is 2.20. The first kappa shape index (κ1) is 19.4. The zero-order valence-corrected chi connectivity index (χ0v) is 17.4. The minimum atomic E-state index is 0.316. The van der Waals surface area contributed by atoms with E-state index in [0.717, 1.165) is 59.7 Å². The smallest absolute Gasteiger partial charge is 0.223 e. The molecule has 9 heteroatoms. The summed E-state index contributed by atoms with van der Waals surface area (Å²) in [5, 5.41) is 6.81. The zero-order valence-electron chi connectivity index (χ0n) is 17.4. The van der Waals surface area contributed by atoms with Crippen molar-refractivity contribution in [1.29, 1.82) is 0 Å². The topological polar surface area (TPSA) is 119 Å².